The van der Waals surface area contributed by atoms with Crippen LogP contribution in [0.1, 0.15) is 78.2 Å². The van der Waals surface area contributed by atoms with E-state index in [1.165, 1.54) is 37.0 Å². The minimum Gasteiger partial charge on any atom is -0.353 e. The number of fused-ring (bicyclic) bond motifs is 1. The Bertz CT molecular complexity index is 826. The zero-order chi connectivity index (χ0) is 19.3. The summed E-state index contributed by atoms with van der Waals surface area (Å²) in [6.45, 7) is 0. The molecule has 1 aromatic heterocycles. The summed E-state index contributed by atoms with van der Waals surface area (Å²) in [4.78, 5) is 31.2. The van der Waals surface area contributed by atoms with Gasteiger partial charge in [-0.1, -0.05) is 43.9 Å². The lowest BCUT2D eigenvalue weighted by Gasteiger charge is -2.24. The molecule has 0 aliphatic heterocycles. The highest BCUT2D eigenvalue weighted by Crippen LogP contribution is 2.37. The van der Waals surface area contributed by atoms with E-state index in [9.17, 15) is 9.59 Å². The van der Waals surface area contributed by atoms with E-state index in [4.69, 9.17) is 0 Å². The van der Waals surface area contributed by atoms with E-state index in [-0.39, 0.29) is 17.7 Å². The fourth-order valence-corrected chi connectivity index (χ4v) is 5.27. The van der Waals surface area contributed by atoms with E-state index in [1.54, 1.807) is 12.1 Å². The number of thiazole rings is 1. The van der Waals surface area contributed by atoms with Crippen LogP contribution in [0.25, 0.3) is 0 Å². The Labute approximate surface area is 170 Å². The number of hydrogen-bond donors (Lipinski definition) is 2. The number of benzene rings is 1. The second-order valence-electron chi connectivity index (χ2n) is 7.79. The van der Waals surface area contributed by atoms with E-state index in [0.717, 1.165) is 42.7 Å². The summed E-state index contributed by atoms with van der Waals surface area (Å²) in [7, 11) is 0. The third-order valence-electron chi connectivity index (χ3n) is 5.73. The van der Waals surface area contributed by atoms with Crippen molar-refractivity contribution in [2.45, 2.75) is 69.7 Å². The standard InChI is InChI=1S/C22H27N3O2S/c26-20(15-9-4-3-5-10-15)25-22-24-19-17(13-8-14-18(19)28-22)21(27)23-16-11-6-1-2-7-12-16/h3-5,9-10,16-17H,1-2,6-8,11-14H2,(H,23,27)(H,24,25,26). The van der Waals surface area contributed by atoms with Gasteiger partial charge in [0.1, 0.15) is 0 Å². The molecule has 1 atom stereocenters. The maximum atomic E-state index is 13.0. The van der Waals surface area contributed by atoms with Crippen LogP contribution < -0.4 is 10.6 Å². The highest BCUT2D eigenvalue weighted by Gasteiger charge is 2.31. The number of amides is 2. The first-order valence-corrected chi connectivity index (χ1v) is 11.2. The normalized spacial score (nSPS) is 20.1. The Morgan fingerprint density at radius 2 is 1.71 bits per heavy atom. The second-order valence-corrected chi connectivity index (χ2v) is 8.87. The van der Waals surface area contributed by atoms with Crippen LogP contribution >= 0.6 is 11.3 Å². The van der Waals surface area contributed by atoms with E-state index >= 15 is 0 Å². The predicted octanol–water partition coefficient (Wildman–Crippen LogP) is 4.65. The SMILES string of the molecule is O=C(Nc1nc2c(s1)CCCC2C(=O)NC1CCCCCC1)c1ccccc1. The van der Waals surface area contributed by atoms with Gasteiger partial charge in [-0.15, -0.1) is 11.3 Å². The summed E-state index contributed by atoms with van der Waals surface area (Å²) in [6.07, 6.45) is 9.88. The summed E-state index contributed by atoms with van der Waals surface area (Å²) in [5, 5.41) is 6.78. The van der Waals surface area contributed by atoms with Crippen molar-refractivity contribution in [1.82, 2.24) is 10.3 Å². The summed E-state index contributed by atoms with van der Waals surface area (Å²) in [5.41, 5.74) is 1.48. The monoisotopic (exact) mass is 397 g/mol. The molecule has 5 nitrogen and oxygen atoms in total. The Kier molecular flexibility index (Phi) is 6.05. The highest BCUT2D eigenvalue weighted by atomic mass is 32.1. The van der Waals surface area contributed by atoms with Gasteiger partial charge in [0.05, 0.1) is 11.6 Å². The van der Waals surface area contributed by atoms with Gasteiger partial charge in [0.25, 0.3) is 5.91 Å². The smallest absolute Gasteiger partial charge is 0.257 e. The largest absolute Gasteiger partial charge is 0.353 e. The Hall–Kier alpha value is -2.21. The van der Waals surface area contributed by atoms with Gasteiger partial charge in [0.15, 0.2) is 5.13 Å². The van der Waals surface area contributed by atoms with Crippen LogP contribution in [-0.4, -0.2) is 22.8 Å². The Morgan fingerprint density at radius 3 is 2.46 bits per heavy atom. The molecule has 1 unspecified atom stereocenters. The summed E-state index contributed by atoms with van der Waals surface area (Å²) < 4.78 is 0. The van der Waals surface area contributed by atoms with Crippen LogP contribution in [0.3, 0.4) is 0 Å². The molecule has 0 radical (unpaired) electrons. The maximum Gasteiger partial charge on any atom is 0.257 e. The average Bonchev–Trinajstić information content (AvgIpc) is 2.95. The Balaban J connectivity index is 1.45. The van der Waals surface area contributed by atoms with E-state index in [0.29, 0.717) is 16.7 Å². The van der Waals surface area contributed by atoms with E-state index < -0.39 is 0 Å². The molecule has 0 spiro atoms. The molecule has 0 saturated heterocycles. The number of nitrogens with one attached hydrogen (secondary N) is 2. The van der Waals surface area contributed by atoms with Gasteiger partial charge in [0.2, 0.25) is 5.91 Å². The fraction of sp³-hybridized carbons (Fsp3) is 0.500. The van der Waals surface area contributed by atoms with Crippen molar-refractivity contribution in [3.8, 4) is 0 Å². The molecular formula is C22H27N3O2S. The van der Waals surface area contributed by atoms with Crippen molar-refractivity contribution < 1.29 is 9.59 Å². The van der Waals surface area contributed by atoms with E-state index in [2.05, 4.69) is 15.6 Å². The first-order chi connectivity index (χ1) is 13.7. The number of carbonyl (C=O) groups is 2. The fourth-order valence-electron chi connectivity index (χ4n) is 4.21. The van der Waals surface area contributed by atoms with Crippen molar-refractivity contribution in [1.29, 1.82) is 0 Å². The number of hydrogen-bond acceptors (Lipinski definition) is 4. The molecule has 1 saturated carbocycles. The molecule has 2 aliphatic carbocycles. The maximum absolute atomic E-state index is 13.0. The van der Waals surface area contributed by atoms with Crippen molar-refractivity contribution >= 4 is 28.3 Å². The number of carbonyl (C=O) groups excluding carboxylic acids is 2. The molecule has 1 heterocycles. The minimum absolute atomic E-state index is 0.110. The number of rotatable bonds is 4. The van der Waals surface area contributed by atoms with Crippen LogP contribution in [-0.2, 0) is 11.2 Å². The lowest BCUT2D eigenvalue weighted by molar-refractivity contribution is -0.123. The first kappa shape index (κ1) is 19.1. The topological polar surface area (TPSA) is 71.1 Å². The van der Waals surface area contributed by atoms with Gasteiger partial charge in [-0.05, 0) is 44.2 Å². The van der Waals surface area contributed by atoms with Crippen molar-refractivity contribution in [2.24, 2.45) is 0 Å². The molecule has 0 bridgehead atoms. The lowest BCUT2D eigenvalue weighted by Crippen LogP contribution is -2.38. The second kappa shape index (κ2) is 8.86. The van der Waals surface area contributed by atoms with E-state index in [1.807, 2.05) is 18.2 Å². The zero-order valence-electron chi connectivity index (χ0n) is 16.1. The molecule has 2 amide bonds. The molecule has 2 aromatic rings. The molecule has 2 aliphatic rings. The predicted molar refractivity (Wildman–Crippen MR) is 112 cm³/mol. The van der Waals surface area contributed by atoms with Crippen LogP contribution in [0.2, 0.25) is 0 Å². The summed E-state index contributed by atoms with van der Waals surface area (Å²) in [5.74, 6) is -0.240. The summed E-state index contributed by atoms with van der Waals surface area (Å²) >= 11 is 1.51. The molecule has 2 N–H and O–H groups in total. The van der Waals surface area contributed by atoms with Crippen LogP contribution in [0.5, 0.6) is 0 Å². The third kappa shape index (κ3) is 4.43. The average molecular weight is 398 g/mol. The quantitative estimate of drug-likeness (QED) is 0.738. The van der Waals surface area contributed by atoms with Gasteiger partial charge in [-0.25, -0.2) is 4.98 Å². The number of aryl methyl sites for hydroxylation is 1. The molecule has 1 fully saturated rings. The van der Waals surface area contributed by atoms with Crippen LogP contribution in [0.4, 0.5) is 5.13 Å². The first-order valence-electron chi connectivity index (χ1n) is 10.4. The van der Waals surface area contributed by atoms with Gasteiger partial charge in [-0.2, -0.15) is 0 Å². The molecule has 1 aromatic carbocycles. The van der Waals surface area contributed by atoms with Crippen molar-refractivity contribution in [3.05, 3.63) is 46.5 Å². The number of anilines is 1. The number of nitrogens with zero attached hydrogens (tertiary/aromatic N) is 1. The van der Waals surface area contributed by atoms with Crippen molar-refractivity contribution in [2.75, 3.05) is 5.32 Å². The molecule has 148 valence electrons. The van der Waals surface area contributed by atoms with Crippen molar-refractivity contribution in [3.63, 3.8) is 0 Å². The van der Waals surface area contributed by atoms with Crippen LogP contribution in [0, 0.1) is 0 Å². The van der Waals surface area contributed by atoms with Gasteiger partial charge in [-0.3, -0.25) is 14.9 Å². The molecular weight excluding hydrogens is 370 g/mol. The lowest BCUT2D eigenvalue weighted by atomic mass is 9.90. The zero-order valence-corrected chi connectivity index (χ0v) is 16.9. The summed E-state index contributed by atoms with van der Waals surface area (Å²) in [6, 6.07) is 9.44. The molecule has 6 heteroatoms. The highest BCUT2D eigenvalue weighted by molar-refractivity contribution is 7.15. The van der Waals surface area contributed by atoms with Crippen LogP contribution in [0.15, 0.2) is 30.3 Å². The number of aromatic nitrogens is 1. The van der Waals surface area contributed by atoms with Gasteiger partial charge >= 0.3 is 0 Å². The molecule has 28 heavy (non-hydrogen) atoms. The minimum atomic E-state index is -0.189. The van der Waals surface area contributed by atoms with Gasteiger partial charge < -0.3 is 5.32 Å². The Morgan fingerprint density at radius 1 is 0.964 bits per heavy atom. The molecule has 4 rings (SSSR count). The van der Waals surface area contributed by atoms with Gasteiger partial charge in [0, 0.05) is 16.5 Å². The third-order valence-corrected chi connectivity index (χ3v) is 6.78.